The summed E-state index contributed by atoms with van der Waals surface area (Å²) < 4.78 is 10.6. The smallest absolute Gasteiger partial charge is 0.411 e. The van der Waals surface area contributed by atoms with E-state index in [0.29, 0.717) is 24.5 Å². The average Bonchev–Trinajstić information content (AvgIpc) is 3.29. The zero-order chi connectivity index (χ0) is 22.9. The van der Waals surface area contributed by atoms with Crippen LogP contribution in [-0.2, 0) is 40.5 Å². The number of amides is 3. The van der Waals surface area contributed by atoms with Crippen LogP contribution < -0.4 is 10.6 Å². The van der Waals surface area contributed by atoms with Crippen LogP contribution in [-0.4, -0.2) is 55.7 Å². The first kappa shape index (κ1) is 21.6. The van der Waals surface area contributed by atoms with E-state index in [4.69, 9.17) is 9.47 Å². The summed E-state index contributed by atoms with van der Waals surface area (Å²) in [5, 5.41) is 14.2. The Balaban J connectivity index is 1.27. The second kappa shape index (κ2) is 8.48. The Bertz CT molecular complexity index is 992. The molecule has 2 aromatic rings. The molecule has 1 aromatic heterocycles. The van der Waals surface area contributed by atoms with Crippen LogP contribution in [0.2, 0.25) is 0 Å². The van der Waals surface area contributed by atoms with Crippen molar-refractivity contribution in [2.45, 2.75) is 64.7 Å². The number of rotatable bonds is 5. The monoisotopic (exact) mass is 442 g/mol. The Morgan fingerprint density at radius 2 is 1.81 bits per heavy atom. The summed E-state index contributed by atoms with van der Waals surface area (Å²) in [5.41, 5.74) is 1.66. The molecule has 0 bridgehead atoms. The molecule has 2 aliphatic heterocycles. The van der Waals surface area contributed by atoms with Crippen LogP contribution in [0.4, 0.5) is 9.59 Å². The average molecular weight is 442 g/mol. The van der Waals surface area contributed by atoms with Gasteiger partial charge in [-0.2, -0.15) is 15.0 Å². The van der Waals surface area contributed by atoms with Gasteiger partial charge in [0.05, 0.1) is 25.7 Å². The largest absolute Gasteiger partial charge is 0.445 e. The number of ether oxygens (including phenoxy) is 2. The highest BCUT2D eigenvalue weighted by atomic mass is 16.6. The Morgan fingerprint density at radius 1 is 1.16 bits per heavy atom. The van der Waals surface area contributed by atoms with Crippen molar-refractivity contribution in [3.05, 3.63) is 47.3 Å². The maximum atomic E-state index is 12.2. The maximum absolute atomic E-state index is 12.2. The van der Waals surface area contributed by atoms with Gasteiger partial charge in [0.15, 0.2) is 0 Å². The van der Waals surface area contributed by atoms with E-state index in [-0.39, 0.29) is 25.1 Å². The molecule has 0 saturated carbocycles. The molecule has 2 aliphatic rings. The van der Waals surface area contributed by atoms with Crippen molar-refractivity contribution in [2.75, 3.05) is 0 Å². The lowest BCUT2D eigenvalue weighted by Gasteiger charge is -2.36. The molecule has 0 aliphatic carbocycles. The molecule has 3 amide bonds. The number of benzene rings is 1. The van der Waals surface area contributed by atoms with E-state index in [1.807, 2.05) is 51.1 Å². The minimum atomic E-state index is -0.725. The molecule has 2 atom stereocenters. The van der Waals surface area contributed by atoms with Crippen LogP contribution in [0.1, 0.15) is 37.7 Å². The third-order valence-electron chi connectivity index (χ3n) is 5.00. The standard InChI is InChI=1S/C21H26N6O5/c1-21(2,3)32-20(30)26-9-14-15(10-26)25-27(24-14)11-16-17(18(28)22-16)23-19(29)31-12-13-7-5-4-6-8-13/h4-8,16-17H,9-12H2,1-3H3,(H,22,28)(H,23,29)/t16-,17+/m1/s1. The normalized spacial score (nSPS) is 19.6. The Kier molecular flexibility index (Phi) is 5.72. The second-order valence-electron chi connectivity index (χ2n) is 8.78. The first-order chi connectivity index (χ1) is 15.2. The van der Waals surface area contributed by atoms with Gasteiger partial charge in [-0.05, 0) is 26.3 Å². The quantitative estimate of drug-likeness (QED) is 0.669. The summed E-state index contributed by atoms with van der Waals surface area (Å²) in [7, 11) is 0. The van der Waals surface area contributed by atoms with Gasteiger partial charge in [-0.3, -0.25) is 9.69 Å². The van der Waals surface area contributed by atoms with E-state index >= 15 is 0 Å². The lowest BCUT2D eigenvalue weighted by atomic mass is 9.99. The van der Waals surface area contributed by atoms with Gasteiger partial charge in [-0.1, -0.05) is 30.3 Å². The van der Waals surface area contributed by atoms with Crippen molar-refractivity contribution in [1.29, 1.82) is 0 Å². The zero-order valence-electron chi connectivity index (χ0n) is 18.2. The van der Waals surface area contributed by atoms with Crippen molar-refractivity contribution >= 4 is 18.1 Å². The predicted molar refractivity (Wildman–Crippen MR) is 111 cm³/mol. The minimum Gasteiger partial charge on any atom is -0.445 e. The van der Waals surface area contributed by atoms with Crippen molar-refractivity contribution in [3.8, 4) is 0 Å². The number of carbonyl (C=O) groups excluding carboxylic acids is 3. The van der Waals surface area contributed by atoms with E-state index < -0.39 is 23.8 Å². The second-order valence-corrected chi connectivity index (χ2v) is 8.78. The minimum absolute atomic E-state index is 0.118. The Morgan fingerprint density at radius 3 is 2.41 bits per heavy atom. The van der Waals surface area contributed by atoms with Crippen LogP contribution in [0.25, 0.3) is 0 Å². The molecule has 1 saturated heterocycles. The van der Waals surface area contributed by atoms with Crippen LogP contribution in [0.15, 0.2) is 30.3 Å². The van der Waals surface area contributed by atoms with E-state index in [1.165, 1.54) is 4.80 Å². The molecule has 4 rings (SSSR count). The summed E-state index contributed by atoms with van der Waals surface area (Å²) in [5.74, 6) is -0.289. The summed E-state index contributed by atoms with van der Waals surface area (Å²) in [6.07, 6.45) is -1.07. The molecular weight excluding hydrogens is 416 g/mol. The zero-order valence-corrected chi connectivity index (χ0v) is 18.2. The van der Waals surface area contributed by atoms with E-state index in [2.05, 4.69) is 20.8 Å². The van der Waals surface area contributed by atoms with E-state index in [1.54, 1.807) is 4.90 Å². The van der Waals surface area contributed by atoms with Gasteiger partial charge in [0.2, 0.25) is 5.91 Å². The van der Waals surface area contributed by atoms with Crippen molar-refractivity contribution in [1.82, 2.24) is 30.5 Å². The SMILES string of the molecule is CC(C)(C)OC(=O)N1Cc2nn(C[C@H]3NC(=O)[C@H]3NC(=O)OCc3ccccc3)nc2C1. The number of hydrogen-bond donors (Lipinski definition) is 2. The fourth-order valence-electron chi connectivity index (χ4n) is 3.44. The number of carbonyl (C=O) groups is 3. The summed E-state index contributed by atoms with van der Waals surface area (Å²) >= 11 is 0. The van der Waals surface area contributed by atoms with Crippen LogP contribution in [0.3, 0.4) is 0 Å². The molecule has 11 heteroatoms. The van der Waals surface area contributed by atoms with Crippen molar-refractivity contribution in [2.24, 2.45) is 0 Å². The van der Waals surface area contributed by atoms with Crippen LogP contribution >= 0.6 is 0 Å². The van der Waals surface area contributed by atoms with Gasteiger partial charge in [0, 0.05) is 0 Å². The number of hydrogen-bond acceptors (Lipinski definition) is 7. The fourth-order valence-corrected chi connectivity index (χ4v) is 3.44. The lowest BCUT2D eigenvalue weighted by molar-refractivity contribution is -0.132. The molecule has 0 unspecified atom stereocenters. The lowest BCUT2D eigenvalue weighted by Crippen LogP contribution is -2.70. The number of β-lactam (4-membered cyclic amide) rings is 1. The summed E-state index contributed by atoms with van der Waals surface area (Å²) in [6.45, 7) is 6.47. The third kappa shape index (κ3) is 4.98. The molecule has 11 nitrogen and oxygen atoms in total. The predicted octanol–water partition coefficient (Wildman–Crippen LogP) is 1.32. The van der Waals surface area contributed by atoms with Gasteiger partial charge < -0.3 is 20.1 Å². The van der Waals surface area contributed by atoms with E-state index in [9.17, 15) is 14.4 Å². The van der Waals surface area contributed by atoms with Crippen LogP contribution in [0.5, 0.6) is 0 Å². The maximum Gasteiger partial charge on any atom is 0.411 e. The van der Waals surface area contributed by atoms with Gasteiger partial charge in [-0.15, -0.1) is 0 Å². The van der Waals surface area contributed by atoms with Crippen LogP contribution in [0, 0.1) is 0 Å². The van der Waals surface area contributed by atoms with Gasteiger partial charge >= 0.3 is 12.2 Å². The highest BCUT2D eigenvalue weighted by Gasteiger charge is 2.42. The first-order valence-corrected chi connectivity index (χ1v) is 10.4. The number of nitrogens with one attached hydrogen (secondary N) is 2. The number of fused-ring (bicyclic) bond motifs is 1. The molecule has 170 valence electrons. The summed E-state index contributed by atoms with van der Waals surface area (Å²) in [4.78, 5) is 39.2. The Labute approximate surface area is 185 Å². The van der Waals surface area contributed by atoms with Crippen molar-refractivity contribution in [3.63, 3.8) is 0 Å². The Hall–Kier alpha value is -3.63. The highest BCUT2D eigenvalue weighted by Crippen LogP contribution is 2.22. The molecule has 0 radical (unpaired) electrons. The topological polar surface area (TPSA) is 128 Å². The molecule has 32 heavy (non-hydrogen) atoms. The molecule has 1 aromatic carbocycles. The third-order valence-corrected chi connectivity index (χ3v) is 5.00. The molecular formula is C21H26N6O5. The molecule has 1 fully saturated rings. The fraction of sp³-hybridized carbons (Fsp3) is 0.476. The van der Waals surface area contributed by atoms with Gasteiger partial charge in [0.1, 0.15) is 29.6 Å². The summed E-state index contributed by atoms with van der Waals surface area (Å²) in [6, 6.07) is 8.19. The molecule has 0 spiro atoms. The van der Waals surface area contributed by atoms with Gasteiger partial charge in [0.25, 0.3) is 0 Å². The molecule has 3 heterocycles. The number of nitrogens with zero attached hydrogens (tertiary/aromatic N) is 4. The highest BCUT2D eigenvalue weighted by molar-refractivity contribution is 5.92. The number of aromatic nitrogens is 3. The van der Waals surface area contributed by atoms with Gasteiger partial charge in [-0.25, -0.2) is 9.59 Å². The number of alkyl carbamates (subject to hydrolysis) is 1. The van der Waals surface area contributed by atoms with Crippen molar-refractivity contribution < 1.29 is 23.9 Å². The van der Waals surface area contributed by atoms with E-state index in [0.717, 1.165) is 5.56 Å². The first-order valence-electron chi connectivity index (χ1n) is 10.4. The molecule has 2 N–H and O–H groups in total.